The van der Waals surface area contributed by atoms with Crippen molar-refractivity contribution in [2.45, 2.75) is 13.5 Å². The van der Waals surface area contributed by atoms with Crippen LogP contribution in [0.1, 0.15) is 11.3 Å². The van der Waals surface area contributed by atoms with Crippen LogP contribution in [-0.2, 0) is 6.54 Å². The van der Waals surface area contributed by atoms with Crippen LogP contribution in [0.5, 0.6) is 0 Å². The van der Waals surface area contributed by atoms with E-state index in [0.29, 0.717) is 0 Å². The van der Waals surface area contributed by atoms with Crippen LogP contribution in [0.2, 0.25) is 0 Å². The second-order valence-corrected chi connectivity index (χ2v) is 4.10. The first-order valence-corrected chi connectivity index (χ1v) is 5.82. The monoisotopic (exact) mass is 243 g/mol. The molecule has 0 aliphatic heterocycles. The van der Waals surface area contributed by atoms with E-state index >= 15 is 0 Å². The summed E-state index contributed by atoms with van der Waals surface area (Å²) in [4.78, 5) is 14.9. The van der Waals surface area contributed by atoms with Gasteiger partial charge in [0.1, 0.15) is 18.0 Å². The zero-order valence-electron chi connectivity index (χ0n) is 10.9. The summed E-state index contributed by atoms with van der Waals surface area (Å²) in [5.41, 5.74) is 2.06. The van der Waals surface area contributed by atoms with Crippen molar-refractivity contribution in [1.29, 1.82) is 0 Å². The molecule has 1 N–H and O–H groups in total. The Balaban J connectivity index is 2.21. The van der Waals surface area contributed by atoms with Crippen molar-refractivity contribution in [2.24, 2.45) is 0 Å². The highest BCUT2D eigenvalue weighted by molar-refractivity contribution is 5.57. The van der Waals surface area contributed by atoms with E-state index < -0.39 is 0 Å². The second-order valence-electron chi connectivity index (χ2n) is 4.10. The summed E-state index contributed by atoms with van der Waals surface area (Å²) in [5.74, 6) is 1.77. The zero-order chi connectivity index (χ0) is 13.0. The highest BCUT2D eigenvalue weighted by Gasteiger charge is 2.10. The number of hydrogen-bond acceptors (Lipinski definition) is 5. The van der Waals surface area contributed by atoms with E-state index in [1.165, 1.54) is 0 Å². The van der Waals surface area contributed by atoms with Crippen LogP contribution in [-0.4, -0.2) is 29.0 Å². The molecular weight excluding hydrogens is 226 g/mol. The standard InChI is InChI=1S/C13H17N5/c1-10-12(14-2)16-9-17-13(10)18(3)8-11-6-4-5-7-15-11/h4-7,9H,8H2,1-3H3,(H,14,16,17). The first kappa shape index (κ1) is 12.3. The van der Waals surface area contributed by atoms with Crippen molar-refractivity contribution in [2.75, 3.05) is 24.3 Å². The van der Waals surface area contributed by atoms with Gasteiger partial charge >= 0.3 is 0 Å². The Hall–Kier alpha value is -2.17. The van der Waals surface area contributed by atoms with Crippen LogP contribution in [0.15, 0.2) is 30.7 Å². The Morgan fingerprint density at radius 3 is 2.72 bits per heavy atom. The fourth-order valence-electron chi connectivity index (χ4n) is 1.89. The molecule has 0 fully saturated rings. The maximum absolute atomic E-state index is 4.33. The molecule has 2 aromatic heterocycles. The van der Waals surface area contributed by atoms with Crippen molar-refractivity contribution in [3.05, 3.63) is 42.0 Å². The minimum Gasteiger partial charge on any atom is -0.373 e. The van der Waals surface area contributed by atoms with Crippen molar-refractivity contribution in [3.63, 3.8) is 0 Å². The number of nitrogens with one attached hydrogen (secondary N) is 1. The number of aromatic nitrogens is 3. The highest BCUT2D eigenvalue weighted by atomic mass is 15.2. The third-order valence-corrected chi connectivity index (χ3v) is 2.78. The largest absolute Gasteiger partial charge is 0.373 e. The summed E-state index contributed by atoms with van der Waals surface area (Å²) >= 11 is 0. The number of pyridine rings is 1. The van der Waals surface area contributed by atoms with Gasteiger partial charge < -0.3 is 10.2 Å². The van der Waals surface area contributed by atoms with Gasteiger partial charge in [-0.15, -0.1) is 0 Å². The molecule has 2 rings (SSSR count). The molecule has 0 atom stereocenters. The van der Waals surface area contributed by atoms with Crippen LogP contribution in [0.4, 0.5) is 11.6 Å². The summed E-state index contributed by atoms with van der Waals surface area (Å²) in [6, 6.07) is 5.91. The Kier molecular flexibility index (Phi) is 3.72. The molecule has 0 saturated carbocycles. The summed E-state index contributed by atoms with van der Waals surface area (Å²) in [7, 11) is 3.86. The van der Waals surface area contributed by atoms with Gasteiger partial charge in [-0.2, -0.15) is 0 Å². The topological polar surface area (TPSA) is 53.9 Å². The Morgan fingerprint density at radius 1 is 1.22 bits per heavy atom. The molecule has 2 aromatic rings. The average Bonchev–Trinajstić information content (AvgIpc) is 2.40. The molecule has 18 heavy (non-hydrogen) atoms. The quantitative estimate of drug-likeness (QED) is 0.888. The molecule has 0 radical (unpaired) electrons. The maximum Gasteiger partial charge on any atom is 0.137 e. The van der Waals surface area contributed by atoms with Crippen LogP contribution in [0, 0.1) is 6.92 Å². The molecule has 5 heteroatoms. The molecule has 0 aliphatic rings. The van der Waals surface area contributed by atoms with Gasteiger partial charge in [-0.3, -0.25) is 4.98 Å². The van der Waals surface area contributed by atoms with Gasteiger partial charge in [0.25, 0.3) is 0 Å². The lowest BCUT2D eigenvalue weighted by Gasteiger charge is -2.20. The zero-order valence-corrected chi connectivity index (χ0v) is 10.9. The predicted octanol–water partition coefficient (Wildman–Crippen LogP) is 1.86. The molecule has 0 aliphatic carbocycles. The maximum atomic E-state index is 4.33. The number of rotatable bonds is 4. The smallest absolute Gasteiger partial charge is 0.137 e. The third kappa shape index (κ3) is 2.56. The predicted molar refractivity (Wildman–Crippen MR) is 72.7 cm³/mol. The van der Waals surface area contributed by atoms with E-state index in [1.54, 1.807) is 12.5 Å². The number of anilines is 2. The van der Waals surface area contributed by atoms with Crippen LogP contribution < -0.4 is 10.2 Å². The van der Waals surface area contributed by atoms with E-state index in [9.17, 15) is 0 Å². The molecule has 0 bridgehead atoms. The lowest BCUT2D eigenvalue weighted by molar-refractivity contribution is 0.855. The van der Waals surface area contributed by atoms with Crippen molar-refractivity contribution < 1.29 is 0 Å². The van der Waals surface area contributed by atoms with Gasteiger partial charge in [0, 0.05) is 25.9 Å². The first-order valence-electron chi connectivity index (χ1n) is 5.82. The summed E-state index contributed by atoms with van der Waals surface area (Å²) in [5, 5.41) is 3.06. The Bertz CT molecular complexity index is 512. The number of hydrogen-bond donors (Lipinski definition) is 1. The van der Waals surface area contributed by atoms with Crippen LogP contribution in [0.25, 0.3) is 0 Å². The van der Waals surface area contributed by atoms with Gasteiger partial charge in [0.2, 0.25) is 0 Å². The van der Waals surface area contributed by atoms with Crippen LogP contribution in [0.3, 0.4) is 0 Å². The molecule has 5 nitrogen and oxygen atoms in total. The summed E-state index contributed by atoms with van der Waals surface area (Å²) in [6.45, 7) is 2.73. The van der Waals surface area contributed by atoms with Gasteiger partial charge in [-0.05, 0) is 19.1 Å². The van der Waals surface area contributed by atoms with Crippen LogP contribution >= 0.6 is 0 Å². The molecule has 0 unspecified atom stereocenters. The summed E-state index contributed by atoms with van der Waals surface area (Å²) < 4.78 is 0. The van der Waals surface area contributed by atoms with Gasteiger partial charge in [0.15, 0.2) is 0 Å². The first-order chi connectivity index (χ1) is 8.72. The molecule has 94 valence electrons. The fraction of sp³-hybridized carbons (Fsp3) is 0.308. The van der Waals surface area contributed by atoms with E-state index in [0.717, 1.165) is 29.4 Å². The van der Waals surface area contributed by atoms with E-state index in [1.807, 2.05) is 39.2 Å². The Morgan fingerprint density at radius 2 is 2.06 bits per heavy atom. The summed E-state index contributed by atoms with van der Waals surface area (Å²) in [6.07, 6.45) is 3.37. The normalized spacial score (nSPS) is 10.2. The lowest BCUT2D eigenvalue weighted by Crippen LogP contribution is -2.20. The van der Waals surface area contributed by atoms with Gasteiger partial charge in [0.05, 0.1) is 12.2 Å². The van der Waals surface area contributed by atoms with Crippen molar-refractivity contribution >= 4 is 11.6 Å². The molecule has 2 heterocycles. The van der Waals surface area contributed by atoms with Crippen molar-refractivity contribution in [1.82, 2.24) is 15.0 Å². The molecular formula is C13H17N5. The van der Waals surface area contributed by atoms with E-state index in [4.69, 9.17) is 0 Å². The molecule has 0 amide bonds. The minimum absolute atomic E-state index is 0.724. The fourth-order valence-corrected chi connectivity index (χ4v) is 1.89. The second kappa shape index (κ2) is 5.44. The number of nitrogens with zero attached hydrogens (tertiary/aromatic N) is 4. The molecule has 0 saturated heterocycles. The van der Waals surface area contributed by atoms with E-state index in [2.05, 4.69) is 25.2 Å². The lowest BCUT2D eigenvalue weighted by atomic mass is 10.2. The van der Waals surface area contributed by atoms with Gasteiger partial charge in [-0.25, -0.2) is 9.97 Å². The molecule has 0 aromatic carbocycles. The Labute approximate surface area is 107 Å². The average molecular weight is 243 g/mol. The van der Waals surface area contributed by atoms with Gasteiger partial charge in [-0.1, -0.05) is 6.07 Å². The van der Waals surface area contributed by atoms with E-state index in [-0.39, 0.29) is 0 Å². The third-order valence-electron chi connectivity index (χ3n) is 2.78. The molecule has 0 spiro atoms. The SMILES string of the molecule is CNc1ncnc(N(C)Cc2ccccn2)c1C. The van der Waals surface area contributed by atoms with Crippen molar-refractivity contribution in [3.8, 4) is 0 Å². The highest BCUT2D eigenvalue weighted by Crippen LogP contribution is 2.21. The minimum atomic E-state index is 0.724.